The average Bonchev–Trinajstić information content (AvgIpc) is 2.69. The van der Waals surface area contributed by atoms with Crippen LogP contribution in [0.15, 0.2) is 5.16 Å². The van der Waals surface area contributed by atoms with Crippen LogP contribution < -0.4 is 4.90 Å². The van der Waals surface area contributed by atoms with Gasteiger partial charge in [-0.25, -0.2) is 0 Å². The summed E-state index contributed by atoms with van der Waals surface area (Å²) in [7, 11) is 1.87. The van der Waals surface area contributed by atoms with E-state index in [1.807, 2.05) is 11.6 Å². The largest absolute Gasteiger partial charge is 0.481 e. The molecule has 1 heterocycles. The Morgan fingerprint density at radius 2 is 2.17 bits per heavy atom. The monoisotopic (exact) mass is 272 g/mol. The summed E-state index contributed by atoms with van der Waals surface area (Å²) in [6, 6.07) is 0.384. The molecule has 0 aliphatic rings. The van der Waals surface area contributed by atoms with E-state index in [9.17, 15) is 4.79 Å². The summed E-state index contributed by atoms with van der Waals surface area (Å²) in [6.07, 6.45) is 1.03. The molecule has 0 aliphatic heterocycles. The van der Waals surface area contributed by atoms with E-state index < -0.39 is 5.97 Å². The van der Waals surface area contributed by atoms with Crippen LogP contribution in [0.1, 0.15) is 27.2 Å². The first-order valence-electron chi connectivity index (χ1n) is 6.01. The van der Waals surface area contributed by atoms with E-state index in [-0.39, 0.29) is 5.75 Å². The Morgan fingerprint density at radius 1 is 1.50 bits per heavy atom. The van der Waals surface area contributed by atoms with Crippen molar-refractivity contribution in [1.29, 1.82) is 0 Å². The highest BCUT2D eigenvalue weighted by Crippen LogP contribution is 2.22. The molecule has 1 aromatic rings. The minimum Gasteiger partial charge on any atom is -0.481 e. The minimum absolute atomic E-state index is 0.00142. The number of aromatic nitrogens is 3. The van der Waals surface area contributed by atoms with Crippen LogP contribution in [0.4, 0.5) is 5.95 Å². The summed E-state index contributed by atoms with van der Waals surface area (Å²) < 4.78 is 1.85. The molecule has 0 fully saturated rings. The minimum atomic E-state index is -0.848. The number of aliphatic carboxylic acids is 1. The Labute approximate surface area is 111 Å². The highest BCUT2D eigenvalue weighted by Gasteiger charge is 2.19. The van der Waals surface area contributed by atoms with Crippen LogP contribution in [0.25, 0.3) is 0 Å². The quantitative estimate of drug-likeness (QED) is 0.760. The van der Waals surface area contributed by atoms with Crippen LogP contribution in [-0.4, -0.2) is 44.2 Å². The van der Waals surface area contributed by atoms with Crippen molar-refractivity contribution >= 4 is 23.7 Å². The zero-order valence-corrected chi connectivity index (χ0v) is 12.1. The number of carboxylic acids is 1. The maximum absolute atomic E-state index is 10.5. The lowest BCUT2D eigenvalue weighted by Crippen LogP contribution is -2.34. The first-order valence-corrected chi connectivity index (χ1v) is 7.00. The van der Waals surface area contributed by atoms with Gasteiger partial charge in [0.05, 0.1) is 5.75 Å². The summed E-state index contributed by atoms with van der Waals surface area (Å²) in [6.45, 7) is 7.20. The molecule has 0 spiro atoms. The van der Waals surface area contributed by atoms with E-state index in [0.29, 0.717) is 11.2 Å². The Morgan fingerprint density at radius 3 is 2.67 bits per heavy atom. The average molecular weight is 272 g/mol. The maximum Gasteiger partial charge on any atom is 0.313 e. The van der Waals surface area contributed by atoms with Crippen molar-refractivity contribution in [2.75, 3.05) is 17.2 Å². The lowest BCUT2D eigenvalue weighted by Gasteiger charge is -2.27. The third-order valence-corrected chi connectivity index (χ3v) is 3.86. The first-order chi connectivity index (χ1) is 8.51. The molecule has 1 rings (SSSR count). The summed E-state index contributed by atoms with van der Waals surface area (Å²) in [5.74, 6) is -0.0555. The molecule has 0 bridgehead atoms. The van der Waals surface area contributed by atoms with E-state index in [1.165, 1.54) is 11.8 Å². The molecule has 0 aliphatic carbocycles. The molecule has 0 aromatic carbocycles. The predicted octanol–water partition coefficient (Wildman–Crippen LogP) is 1.62. The fourth-order valence-corrected chi connectivity index (χ4v) is 2.31. The molecule has 0 saturated heterocycles. The Hall–Kier alpha value is -1.24. The fourth-order valence-electron chi connectivity index (χ4n) is 1.68. The molecule has 0 amide bonds. The Bertz CT molecular complexity index is 408. The number of carboxylic acid groups (broad SMARTS) is 1. The molecule has 0 saturated carbocycles. The number of rotatable bonds is 7. The van der Waals surface area contributed by atoms with Gasteiger partial charge in [-0.15, -0.1) is 10.2 Å². The molecule has 1 N–H and O–H groups in total. The standard InChI is InChI=1S/C11H20N4O2S/c1-5-8(3)15(6-2)10-12-13-11(14(10)4)18-7-9(16)17/h8H,5-7H2,1-4H3,(H,16,17). The number of thioether (sulfide) groups is 1. The zero-order chi connectivity index (χ0) is 13.7. The van der Waals surface area contributed by atoms with Gasteiger partial charge in [-0.2, -0.15) is 0 Å². The van der Waals surface area contributed by atoms with Crippen LogP contribution in [0, 0.1) is 0 Å². The third-order valence-electron chi connectivity index (χ3n) is 2.86. The summed E-state index contributed by atoms with van der Waals surface area (Å²) in [5, 5.41) is 17.5. The van der Waals surface area contributed by atoms with Crippen molar-refractivity contribution in [2.24, 2.45) is 7.05 Å². The Kier molecular flexibility index (Phi) is 5.46. The molecule has 1 atom stereocenters. The molecule has 18 heavy (non-hydrogen) atoms. The second-order valence-electron chi connectivity index (χ2n) is 4.07. The molecule has 1 unspecified atom stereocenters. The molecule has 6 nitrogen and oxygen atoms in total. The van der Waals surface area contributed by atoms with E-state index in [4.69, 9.17) is 5.11 Å². The van der Waals surface area contributed by atoms with Gasteiger partial charge >= 0.3 is 5.97 Å². The van der Waals surface area contributed by atoms with Gasteiger partial charge in [0.1, 0.15) is 0 Å². The number of anilines is 1. The lowest BCUT2D eigenvalue weighted by molar-refractivity contribution is -0.133. The van der Waals surface area contributed by atoms with Crippen molar-refractivity contribution < 1.29 is 9.90 Å². The van der Waals surface area contributed by atoms with Crippen LogP contribution >= 0.6 is 11.8 Å². The van der Waals surface area contributed by atoms with Crippen molar-refractivity contribution in [3.63, 3.8) is 0 Å². The van der Waals surface area contributed by atoms with Crippen LogP contribution in [-0.2, 0) is 11.8 Å². The van der Waals surface area contributed by atoms with Gasteiger partial charge in [-0.05, 0) is 20.3 Å². The van der Waals surface area contributed by atoms with Crippen molar-refractivity contribution in [3.8, 4) is 0 Å². The van der Waals surface area contributed by atoms with Crippen LogP contribution in [0.5, 0.6) is 0 Å². The summed E-state index contributed by atoms with van der Waals surface area (Å²) in [4.78, 5) is 12.7. The fraction of sp³-hybridized carbons (Fsp3) is 0.727. The van der Waals surface area contributed by atoms with Gasteiger partial charge in [0.15, 0.2) is 5.16 Å². The highest BCUT2D eigenvalue weighted by atomic mass is 32.2. The molecular formula is C11H20N4O2S. The van der Waals surface area contributed by atoms with Crippen molar-refractivity contribution in [3.05, 3.63) is 0 Å². The summed E-state index contributed by atoms with van der Waals surface area (Å²) in [5.41, 5.74) is 0. The van der Waals surface area contributed by atoms with Crippen molar-refractivity contribution in [1.82, 2.24) is 14.8 Å². The molecular weight excluding hydrogens is 252 g/mol. The van der Waals surface area contributed by atoms with Gasteiger partial charge in [-0.1, -0.05) is 18.7 Å². The van der Waals surface area contributed by atoms with E-state index >= 15 is 0 Å². The SMILES string of the molecule is CCC(C)N(CC)c1nnc(SCC(=O)O)n1C. The summed E-state index contributed by atoms with van der Waals surface area (Å²) >= 11 is 1.19. The number of carbonyl (C=O) groups is 1. The van der Waals surface area contributed by atoms with Gasteiger partial charge in [-0.3, -0.25) is 9.36 Å². The second-order valence-corrected chi connectivity index (χ2v) is 5.01. The maximum atomic E-state index is 10.5. The highest BCUT2D eigenvalue weighted by molar-refractivity contribution is 7.99. The second kappa shape index (κ2) is 6.63. The number of nitrogens with zero attached hydrogens (tertiary/aromatic N) is 4. The smallest absolute Gasteiger partial charge is 0.313 e. The third kappa shape index (κ3) is 3.38. The first kappa shape index (κ1) is 14.8. The normalized spacial score (nSPS) is 12.4. The zero-order valence-electron chi connectivity index (χ0n) is 11.3. The van der Waals surface area contributed by atoms with E-state index in [1.54, 1.807) is 0 Å². The Balaban J connectivity index is 2.87. The van der Waals surface area contributed by atoms with Crippen LogP contribution in [0.3, 0.4) is 0 Å². The topological polar surface area (TPSA) is 71.2 Å². The van der Waals surface area contributed by atoms with Gasteiger partial charge in [0.2, 0.25) is 5.95 Å². The predicted molar refractivity (Wildman–Crippen MR) is 72.1 cm³/mol. The van der Waals surface area contributed by atoms with E-state index in [0.717, 1.165) is 18.9 Å². The number of hydrogen-bond acceptors (Lipinski definition) is 5. The molecule has 102 valence electrons. The molecule has 1 aromatic heterocycles. The molecule has 0 radical (unpaired) electrons. The van der Waals surface area contributed by atoms with Gasteiger partial charge in [0.25, 0.3) is 0 Å². The van der Waals surface area contributed by atoms with Gasteiger partial charge < -0.3 is 10.0 Å². The van der Waals surface area contributed by atoms with Crippen LogP contribution in [0.2, 0.25) is 0 Å². The van der Waals surface area contributed by atoms with E-state index in [2.05, 4.69) is 35.9 Å². The van der Waals surface area contributed by atoms with Gasteiger partial charge in [0, 0.05) is 19.6 Å². The lowest BCUT2D eigenvalue weighted by atomic mass is 10.2. The number of hydrogen-bond donors (Lipinski definition) is 1. The van der Waals surface area contributed by atoms with Crippen molar-refractivity contribution in [2.45, 2.75) is 38.4 Å². The molecule has 7 heteroatoms.